The van der Waals surface area contributed by atoms with E-state index in [1.807, 2.05) is 0 Å². The van der Waals surface area contributed by atoms with E-state index in [2.05, 4.69) is 96.9 Å². The number of halogens is 3. The third kappa shape index (κ3) is 3.27. The molecule has 4 atom stereocenters. The van der Waals surface area contributed by atoms with Crippen molar-refractivity contribution in [3.63, 3.8) is 0 Å². The van der Waals surface area contributed by atoms with Gasteiger partial charge >= 0.3 is 0 Å². The first-order valence-electron chi connectivity index (χ1n) is 11.4. The molecule has 5 heteroatoms. The monoisotopic (exact) mass is 609 g/mol. The van der Waals surface area contributed by atoms with Gasteiger partial charge in [-0.15, -0.1) is 0 Å². The van der Waals surface area contributed by atoms with Gasteiger partial charge in [-0.05, 0) is 133 Å². The average Bonchev–Trinajstić information content (AvgIpc) is 2.77. The van der Waals surface area contributed by atoms with Crippen LogP contribution in [0.1, 0.15) is 57.1 Å². The van der Waals surface area contributed by atoms with Crippen LogP contribution in [0.2, 0.25) is 0 Å². The molecule has 0 amide bonds. The number of fused-ring (bicyclic) bond motifs is 3. The first kappa shape index (κ1) is 22.3. The van der Waals surface area contributed by atoms with Crippen molar-refractivity contribution in [3.8, 4) is 5.75 Å². The normalized spacial score (nSPS) is 31.4. The Morgan fingerprint density at radius 2 is 1.84 bits per heavy atom. The van der Waals surface area contributed by atoms with Crippen LogP contribution in [0, 0.1) is 17.3 Å². The van der Waals surface area contributed by atoms with E-state index in [-0.39, 0.29) is 5.54 Å². The van der Waals surface area contributed by atoms with Crippen molar-refractivity contribution in [1.82, 2.24) is 0 Å². The summed E-state index contributed by atoms with van der Waals surface area (Å²) in [6, 6.07) is 11.5. The molecule has 2 aromatic carbocycles. The van der Waals surface area contributed by atoms with Gasteiger partial charge < -0.3 is 9.64 Å². The molecule has 2 aliphatic carbocycles. The molecule has 2 aromatic rings. The summed E-state index contributed by atoms with van der Waals surface area (Å²) in [5.41, 5.74) is 4.79. The Morgan fingerprint density at radius 1 is 1.10 bits per heavy atom. The van der Waals surface area contributed by atoms with Crippen LogP contribution in [0.3, 0.4) is 0 Å². The topological polar surface area (TPSA) is 12.5 Å². The van der Waals surface area contributed by atoms with Crippen molar-refractivity contribution in [3.05, 3.63) is 54.9 Å². The lowest BCUT2D eigenvalue weighted by Crippen LogP contribution is -2.69. The molecule has 3 fully saturated rings. The number of aryl methyl sites for hydroxylation is 1. The molecule has 0 aromatic heterocycles. The Kier molecular flexibility index (Phi) is 5.79. The quantitative estimate of drug-likeness (QED) is 0.322. The van der Waals surface area contributed by atoms with Gasteiger partial charge in [0.25, 0.3) is 0 Å². The van der Waals surface area contributed by atoms with Crippen molar-refractivity contribution in [1.29, 1.82) is 0 Å². The van der Waals surface area contributed by atoms with E-state index in [9.17, 15) is 0 Å². The van der Waals surface area contributed by atoms with Gasteiger partial charge in [0.2, 0.25) is 0 Å². The van der Waals surface area contributed by atoms with Gasteiger partial charge in [-0.2, -0.15) is 0 Å². The summed E-state index contributed by atoms with van der Waals surface area (Å²) in [4.78, 5) is 2.78. The Bertz CT molecular complexity index is 1000. The van der Waals surface area contributed by atoms with E-state index >= 15 is 0 Å². The SMILES string of the molecule is CCC[C@H]1[C@@H]2CCc3cc(OC)ccc3[C@@]23CC[C@]1(C)CN3c1cc(Br)c(Br)c(Br)c1. The standard InChI is InChI=1S/C26H30Br3NO/c1-4-5-20-21-8-6-16-12-18(31-3)7-9-19(16)26(21)11-10-25(20,2)15-30(26)17-13-22(27)24(29)23(28)14-17/h7,9,12-14,20-21H,4-6,8,10-11,15H2,1-3H3/t20-,21-,25+,26-/m0/s1. The van der Waals surface area contributed by atoms with E-state index in [1.165, 1.54) is 43.4 Å². The predicted octanol–water partition coefficient (Wildman–Crippen LogP) is 8.48. The third-order valence-electron chi connectivity index (χ3n) is 8.46. The van der Waals surface area contributed by atoms with Gasteiger partial charge in [0.15, 0.2) is 0 Å². The second kappa shape index (κ2) is 8.06. The van der Waals surface area contributed by atoms with Crippen molar-refractivity contribution in [2.24, 2.45) is 17.3 Å². The lowest BCUT2D eigenvalue weighted by Gasteiger charge is -2.69. The average molecular weight is 612 g/mol. The summed E-state index contributed by atoms with van der Waals surface area (Å²) in [5, 5.41) is 0. The molecule has 0 radical (unpaired) electrons. The van der Waals surface area contributed by atoms with Crippen LogP contribution in [0.4, 0.5) is 5.69 Å². The first-order valence-corrected chi connectivity index (χ1v) is 13.8. The minimum absolute atomic E-state index is 0.0736. The molecule has 4 aliphatic rings. The van der Waals surface area contributed by atoms with E-state index in [4.69, 9.17) is 4.74 Å². The minimum Gasteiger partial charge on any atom is -0.497 e. The maximum absolute atomic E-state index is 5.59. The van der Waals surface area contributed by atoms with Crippen LogP contribution in [0.5, 0.6) is 5.75 Å². The number of anilines is 1. The van der Waals surface area contributed by atoms with E-state index in [0.29, 0.717) is 11.3 Å². The van der Waals surface area contributed by atoms with Gasteiger partial charge in [-0.3, -0.25) is 0 Å². The van der Waals surface area contributed by atoms with Crippen LogP contribution in [-0.4, -0.2) is 13.7 Å². The zero-order chi connectivity index (χ0) is 22.0. The second-order valence-corrected chi connectivity index (χ2v) is 12.5. The summed E-state index contributed by atoms with van der Waals surface area (Å²) in [5.74, 6) is 2.47. The van der Waals surface area contributed by atoms with Crippen molar-refractivity contribution < 1.29 is 4.74 Å². The molecule has 1 spiro atoms. The van der Waals surface area contributed by atoms with Crippen LogP contribution >= 0.6 is 47.8 Å². The smallest absolute Gasteiger partial charge is 0.119 e. The maximum Gasteiger partial charge on any atom is 0.119 e. The molecule has 2 aliphatic heterocycles. The zero-order valence-electron chi connectivity index (χ0n) is 18.5. The van der Waals surface area contributed by atoms with E-state index < -0.39 is 0 Å². The summed E-state index contributed by atoms with van der Waals surface area (Å²) in [7, 11) is 1.78. The Hall–Kier alpha value is -0.520. The van der Waals surface area contributed by atoms with Crippen molar-refractivity contribution in [2.45, 2.75) is 57.9 Å². The summed E-state index contributed by atoms with van der Waals surface area (Å²) in [6.07, 6.45) is 7.61. The van der Waals surface area contributed by atoms with Gasteiger partial charge in [0.05, 0.1) is 12.6 Å². The number of hydrogen-bond acceptors (Lipinski definition) is 2. The number of benzene rings is 2. The third-order valence-corrected chi connectivity index (χ3v) is 11.6. The molecule has 2 heterocycles. The number of nitrogens with zero attached hydrogens (tertiary/aromatic N) is 1. The minimum atomic E-state index is 0.0736. The van der Waals surface area contributed by atoms with Crippen molar-refractivity contribution >= 4 is 53.5 Å². The van der Waals surface area contributed by atoms with Gasteiger partial charge in [-0.25, -0.2) is 0 Å². The zero-order valence-corrected chi connectivity index (χ0v) is 23.2. The molecule has 2 nitrogen and oxygen atoms in total. The highest BCUT2D eigenvalue weighted by Gasteiger charge is 2.63. The number of methoxy groups -OCH3 is 1. The molecule has 31 heavy (non-hydrogen) atoms. The Labute approximate surface area is 211 Å². The summed E-state index contributed by atoms with van der Waals surface area (Å²) >= 11 is 11.3. The number of piperidine rings is 2. The van der Waals surface area contributed by atoms with Gasteiger partial charge in [-0.1, -0.05) is 26.3 Å². The highest BCUT2D eigenvalue weighted by Crippen LogP contribution is 2.66. The predicted molar refractivity (Wildman–Crippen MR) is 139 cm³/mol. The molecule has 0 N–H and O–H groups in total. The lowest BCUT2D eigenvalue weighted by atomic mass is 9.46. The van der Waals surface area contributed by atoms with Gasteiger partial charge in [0.1, 0.15) is 5.75 Å². The molecular formula is C26H30Br3NO. The largest absolute Gasteiger partial charge is 0.497 e. The Balaban J connectivity index is 1.73. The van der Waals surface area contributed by atoms with Gasteiger partial charge in [0, 0.05) is 25.7 Å². The summed E-state index contributed by atoms with van der Waals surface area (Å²) in [6.45, 7) is 6.05. The molecule has 0 unspecified atom stereocenters. The Morgan fingerprint density at radius 3 is 2.52 bits per heavy atom. The van der Waals surface area contributed by atoms with Crippen LogP contribution in [0.15, 0.2) is 43.7 Å². The molecule has 2 bridgehead atoms. The molecule has 1 saturated carbocycles. The van der Waals surface area contributed by atoms with Crippen molar-refractivity contribution in [2.75, 3.05) is 18.6 Å². The lowest BCUT2D eigenvalue weighted by molar-refractivity contribution is -0.0641. The number of ether oxygens (including phenoxy) is 1. The number of hydrogen-bond donors (Lipinski definition) is 0. The summed E-state index contributed by atoms with van der Waals surface area (Å²) < 4.78 is 8.88. The van der Waals surface area contributed by atoms with Crippen LogP contribution < -0.4 is 9.64 Å². The fourth-order valence-electron chi connectivity index (χ4n) is 7.14. The highest BCUT2D eigenvalue weighted by atomic mass is 79.9. The second-order valence-electron chi connectivity index (χ2n) is 9.95. The van der Waals surface area contributed by atoms with E-state index in [1.54, 1.807) is 12.7 Å². The number of rotatable bonds is 4. The highest BCUT2D eigenvalue weighted by molar-refractivity contribution is 9.14. The fraction of sp³-hybridized carbons (Fsp3) is 0.538. The van der Waals surface area contributed by atoms with Crippen LogP contribution in [0.25, 0.3) is 0 Å². The van der Waals surface area contributed by atoms with Crippen LogP contribution in [-0.2, 0) is 12.0 Å². The molecule has 2 saturated heterocycles. The molecule has 166 valence electrons. The molecular weight excluding hydrogens is 582 g/mol. The van der Waals surface area contributed by atoms with E-state index in [0.717, 1.165) is 38.1 Å². The fourth-order valence-corrected chi connectivity index (χ4v) is 8.53. The molecule has 6 rings (SSSR count). The first-order chi connectivity index (χ1) is 14.8. The maximum atomic E-state index is 5.59.